The molecule has 1 aromatic heterocycles. The molecule has 1 fully saturated rings. The van der Waals surface area contributed by atoms with Crippen LogP contribution >= 0.6 is 11.3 Å². The van der Waals surface area contributed by atoms with Crippen LogP contribution in [0.25, 0.3) is 0 Å². The van der Waals surface area contributed by atoms with Gasteiger partial charge in [0.05, 0.1) is 16.3 Å². The first-order valence-corrected chi connectivity index (χ1v) is 7.96. The molecular formula is C15H26N2OS. The van der Waals surface area contributed by atoms with E-state index >= 15 is 0 Å². The molecule has 19 heavy (non-hydrogen) atoms. The van der Waals surface area contributed by atoms with Crippen molar-refractivity contribution in [2.75, 3.05) is 6.54 Å². The van der Waals surface area contributed by atoms with Gasteiger partial charge in [0.2, 0.25) is 0 Å². The lowest BCUT2D eigenvalue weighted by molar-refractivity contribution is -0.0328. The molecule has 1 aromatic rings. The lowest BCUT2D eigenvalue weighted by atomic mass is 9.80. The standard InChI is InChI=1S/C15H26N2OS/c1-10(16-9-15(18)7-6-8-15)12-11(2)17-13(19-12)14(3,4)5/h10,16,18H,6-9H2,1-5H3. The highest BCUT2D eigenvalue weighted by Gasteiger charge is 2.34. The first-order chi connectivity index (χ1) is 8.71. The van der Waals surface area contributed by atoms with Gasteiger partial charge in [0.15, 0.2) is 0 Å². The zero-order chi connectivity index (χ0) is 14.3. The molecule has 2 rings (SSSR count). The normalized spacial score (nSPS) is 20.1. The molecule has 108 valence electrons. The predicted molar refractivity (Wildman–Crippen MR) is 80.8 cm³/mol. The number of aromatic nitrogens is 1. The number of thiazole rings is 1. The van der Waals surface area contributed by atoms with E-state index in [1.165, 1.54) is 9.88 Å². The number of rotatable bonds is 4. The number of aliphatic hydroxyl groups is 1. The van der Waals surface area contributed by atoms with Crippen molar-refractivity contribution in [1.82, 2.24) is 10.3 Å². The minimum absolute atomic E-state index is 0.111. The van der Waals surface area contributed by atoms with E-state index in [0.717, 1.165) is 25.0 Å². The van der Waals surface area contributed by atoms with Crippen LogP contribution in [0.2, 0.25) is 0 Å². The number of nitrogens with zero attached hydrogens (tertiary/aromatic N) is 1. The number of hydrogen-bond acceptors (Lipinski definition) is 4. The van der Waals surface area contributed by atoms with E-state index in [1.54, 1.807) is 11.3 Å². The van der Waals surface area contributed by atoms with Gasteiger partial charge in [-0.2, -0.15) is 0 Å². The Kier molecular flexibility index (Phi) is 4.05. The van der Waals surface area contributed by atoms with Crippen LogP contribution in [0.1, 0.15) is 68.6 Å². The van der Waals surface area contributed by atoms with Crippen molar-refractivity contribution < 1.29 is 5.11 Å². The summed E-state index contributed by atoms with van der Waals surface area (Å²) in [7, 11) is 0. The van der Waals surface area contributed by atoms with Gasteiger partial charge in [-0.1, -0.05) is 20.8 Å². The van der Waals surface area contributed by atoms with Crippen molar-refractivity contribution in [3.05, 3.63) is 15.6 Å². The number of hydrogen-bond donors (Lipinski definition) is 2. The molecule has 1 saturated carbocycles. The fourth-order valence-corrected chi connectivity index (χ4v) is 3.48. The summed E-state index contributed by atoms with van der Waals surface area (Å²) in [4.78, 5) is 6.00. The molecule has 0 bridgehead atoms. The molecule has 1 aliphatic rings. The Labute approximate surface area is 120 Å². The highest BCUT2D eigenvalue weighted by molar-refractivity contribution is 7.12. The van der Waals surface area contributed by atoms with E-state index < -0.39 is 5.60 Å². The Morgan fingerprint density at radius 2 is 2.05 bits per heavy atom. The summed E-state index contributed by atoms with van der Waals surface area (Å²) < 4.78 is 0. The molecule has 0 aromatic carbocycles. The average molecular weight is 282 g/mol. The summed E-state index contributed by atoms with van der Waals surface area (Å²) in [6, 6.07) is 0.262. The third-order valence-corrected chi connectivity index (χ3v) is 5.65. The van der Waals surface area contributed by atoms with E-state index in [2.05, 4.69) is 39.9 Å². The molecule has 1 heterocycles. The third-order valence-electron chi connectivity index (χ3n) is 3.89. The van der Waals surface area contributed by atoms with Crippen LogP contribution in [0.5, 0.6) is 0 Å². The van der Waals surface area contributed by atoms with Crippen molar-refractivity contribution in [3.63, 3.8) is 0 Å². The Balaban J connectivity index is 2.02. The van der Waals surface area contributed by atoms with E-state index in [1.807, 2.05) is 0 Å². The minimum atomic E-state index is -0.459. The van der Waals surface area contributed by atoms with Gasteiger partial charge < -0.3 is 10.4 Å². The second-order valence-electron chi connectivity index (χ2n) is 6.90. The summed E-state index contributed by atoms with van der Waals surface area (Å²) >= 11 is 1.80. The maximum Gasteiger partial charge on any atom is 0.0985 e. The second-order valence-corrected chi connectivity index (χ2v) is 7.93. The van der Waals surface area contributed by atoms with Gasteiger partial charge in [-0.15, -0.1) is 11.3 Å². The molecule has 3 nitrogen and oxygen atoms in total. The average Bonchev–Trinajstić information content (AvgIpc) is 2.65. The van der Waals surface area contributed by atoms with Crippen LogP contribution in [0.4, 0.5) is 0 Å². The van der Waals surface area contributed by atoms with Crippen molar-refractivity contribution in [1.29, 1.82) is 0 Å². The fraction of sp³-hybridized carbons (Fsp3) is 0.800. The molecule has 1 unspecified atom stereocenters. The summed E-state index contributed by atoms with van der Waals surface area (Å²) in [5, 5.41) is 14.8. The molecule has 2 N–H and O–H groups in total. The maximum absolute atomic E-state index is 10.1. The van der Waals surface area contributed by atoms with Crippen LogP contribution < -0.4 is 5.32 Å². The first kappa shape index (κ1) is 14.9. The Morgan fingerprint density at radius 3 is 2.47 bits per heavy atom. The van der Waals surface area contributed by atoms with Crippen molar-refractivity contribution in [2.45, 2.75) is 70.9 Å². The zero-order valence-corrected chi connectivity index (χ0v) is 13.5. The van der Waals surface area contributed by atoms with Gasteiger partial charge in [0, 0.05) is 22.9 Å². The quantitative estimate of drug-likeness (QED) is 0.890. The highest BCUT2D eigenvalue weighted by atomic mass is 32.1. The summed E-state index contributed by atoms with van der Waals surface area (Å²) in [5.74, 6) is 0. The van der Waals surface area contributed by atoms with Crippen LogP contribution in [0, 0.1) is 6.92 Å². The van der Waals surface area contributed by atoms with Crippen molar-refractivity contribution in [3.8, 4) is 0 Å². The molecule has 0 saturated heterocycles. The minimum Gasteiger partial charge on any atom is -0.389 e. The van der Waals surface area contributed by atoms with Crippen LogP contribution in [-0.2, 0) is 5.41 Å². The molecule has 4 heteroatoms. The van der Waals surface area contributed by atoms with Crippen LogP contribution in [0.15, 0.2) is 0 Å². The lowest BCUT2D eigenvalue weighted by Crippen LogP contribution is -2.46. The van der Waals surface area contributed by atoms with Gasteiger partial charge >= 0.3 is 0 Å². The van der Waals surface area contributed by atoms with Crippen molar-refractivity contribution in [2.24, 2.45) is 0 Å². The first-order valence-electron chi connectivity index (χ1n) is 7.15. The van der Waals surface area contributed by atoms with Crippen molar-refractivity contribution >= 4 is 11.3 Å². The molecule has 1 aliphatic carbocycles. The van der Waals surface area contributed by atoms with Crippen LogP contribution in [-0.4, -0.2) is 22.2 Å². The number of aryl methyl sites for hydroxylation is 1. The van der Waals surface area contributed by atoms with Gasteiger partial charge in [0.1, 0.15) is 0 Å². The summed E-state index contributed by atoms with van der Waals surface area (Å²) in [6.45, 7) is 11.5. The lowest BCUT2D eigenvalue weighted by Gasteiger charge is -2.37. The van der Waals surface area contributed by atoms with Gasteiger partial charge in [-0.25, -0.2) is 4.98 Å². The van der Waals surface area contributed by atoms with E-state index in [-0.39, 0.29) is 11.5 Å². The Morgan fingerprint density at radius 1 is 1.42 bits per heavy atom. The van der Waals surface area contributed by atoms with Gasteiger partial charge in [-0.05, 0) is 33.1 Å². The monoisotopic (exact) mass is 282 g/mol. The summed E-state index contributed by atoms with van der Waals surface area (Å²) in [5.41, 5.74) is 0.773. The molecule has 1 atom stereocenters. The van der Waals surface area contributed by atoms with E-state index in [9.17, 15) is 5.11 Å². The molecule has 0 radical (unpaired) electrons. The summed E-state index contributed by atoms with van der Waals surface area (Å²) in [6.07, 6.45) is 3.02. The molecular weight excluding hydrogens is 256 g/mol. The number of nitrogens with one attached hydrogen (secondary N) is 1. The van der Waals surface area contributed by atoms with Gasteiger partial charge in [0.25, 0.3) is 0 Å². The Hall–Kier alpha value is -0.450. The largest absolute Gasteiger partial charge is 0.389 e. The zero-order valence-electron chi connectivity index (χ0n) is 12.7. The molecule has 0 spiro atoms. The molecule has 0 aliphatic heterocycles. The SMILES string of the molecule is Cc1nc(C(C)(C)C)sc1C(C)NCC1(O)CCC1. The topological polar surface area (TPSA) is 45.2 Å². The van der Waals surface area contributed by atoms with E-state index in [0.29, 0.717) is 6.54 Å². The van der Waals surface area contributed by atoms with E-state index in [4.69, 9.17) is 4.98 Å². The fourth-order valence-electron chi connectivity index (χ4n) is 2.33. The smallest absolute Gasteiger partial charge is 0.0985 e. The Bertz CT molecular complexity index is 443. The van der Waals surface area contributed by atoms with Crippen LogP contribution in [0.3, 0.4) is 0 Å². The molecule has 0 amide bonds. The second kappa shape index (κ2) is 5.15. The predicted octanol–water partition coefficient (Wildman–Crippen LogP) is 3.31. The highest BCUT2D eigenvalue weighted by Crippen LogP contribution is 2.34. The van der Waals surface area contributed by atoms with Gasteiger partial charge in [-0.3, -0.25) is 0 Å². The third kappa shape index (κ3) is 3.36. The maximum atomic E-state index is 10.1.